The summed E-state index contributed by atoms with van der Waals surface area (Å²) in [7, 11) is 1.45. The smallest absolute Gasteiger partial charge is 0.199 e. The van der Waals surface area contributed by atoms with Crippen molar-refractivity contribution in [2.75, 3.05) is 7.11 Å². The number of benzene rings is 2. The van der Waals surface area contributed by atoms with Crippen LogP contribution in [0.5, 0.6) is 5.75 Å². The van der Waals surface area contributed by atoms with Crippen LogP contribution in [-0.2, 0) is 0 Å². The lowest BCUT2D eigenvalue weighted by atomic mass is 10.0. The topological polar surface area (TPSA) is 26.3 Å². The van der Waals surface area contributed by atoms with E-state index in [2.05, 4.69) is 15.9 Å². The SMILES string of the molecule is COc1ccc(Br)cc1C(=O)c1cccc(Cl)c1F. The summed E-state index contributed by atoms with van der Waals surface area (Å²) in [5.41, 5.74) is 0.196. The number of rotatable bonds is 3. The third-order valence-corrected chi connectivity index (χ3v) is 3.39. The van der Waals surface area contributed by atoms with Gasteiger partial charge in [-0.2, -0.15) is 0 Å². The number of halogens is 3. The van der Waals surface area contributed by atoms with Gasteiger partial charge in [-0.1, -0.05) is 33.6 Å². The average molecular weight is 344 g/mol. The van der Waals surface area contributed by atoms with E-state index in [0.717, 1.165) is 0 Å². The Morgan fingerprint density at radius 2 is 2.00 bits per heavy atom. The molecule has 98 valence electrons. The Morgan fingerprint density at radius 3 is 2.68 bits per heavy atom. The minimum atomic E-state index is -0.726. The molecule has 0 fully saturated rings. The molecule has 0 heterocycles. The summed E-state index contributed by atoms with van der Waals surface area (Å²) < 4.78 is 19.7. The van der Waals surface area contributed by atoms with Crippen LogP contribution >= 0.6 is 27.5 Å². The van der Waals surface area contributed by atoms with Crippen LogP contribution in [0, 0.1) is 5.82 Å². The largest absolute Gasteiger partial charge is 0.496 e. The highest BCUT2D eigenvalue weighted by Crippen LogP contribution is 2.27. The van der Waals surface area contributed by atoms with Gasteiger partial charge in [-0.15, -0.1) is 0 Å². The molecule has 2 rings (SSSR count). The molecule has 2 aromatic rings. The van der Waals surface area contributed by atoms with Crippen LogP contribution < -0.4 is 4.74 Å². The fourth-order valence-corrected chi connectivity index (χ4v) is 2.22. The highest BCUT2D eigenvalue weighted by Gasteiger charge is 2.19. The zero-order valence-electron chi connectivity index (χ0n) is 9.91. The van der Waals surface area contributed by atoms with Crippen molar-refractivity contribution >= 4 is 33.3 Å². The van der Waals surface area contributed by atoms with Crippen molar-refractivity contribution in [1.82, 2.24) is 0 Å². The van der Waals surface area contributed by atoms with Crippen LogP contribution in [0.25, 0.3) is 0 Å². The Balaban J connectivity index is 2.56. The first-order chi connectivity index (χ1) is 9.04. The molecule has 0 saturated carbocycles. The number of methoxy groups -OCH3 is 1. The van der Waals surface area contributed by atoms with Gasteiger partial charge < -0.3 is 4.74 Å². The van der Waals surface area contributed by atoms with E-state index in [1.165, 1.54) is 25.3 Å². The molecule has 0 N–H and O–H groups in total. The lowest BCUT2D eigenvalue weighted by Crippen LogP contribution is -2.06. The fraction of sp³-hybridized carbons (Fsp3) is 0.0714. The van der Waals surface area contributed by atoms with Crippen molar-refractivity contribution in [3.63, 3.8) is 0 Å². The van der Waals surface area contributed by atoms with E-state index >= 15 is 0 Å². The number of ether oxygens (including phenoxy) is 1. The summed E-state index contributed by atoms with van der Waals surface area (Å²) in [6.45, 7) is 0. The number of hydrogen-bond acceptors (Lipinski definition) is 2. The first-order valence-corrected chi connectivity index (χ1v) is 6.54. The van der Waals surface area contributed by atoms with Crippen LogP contribution in [0.3, 0.4) is 0 Å². The minimum Gasteiger partial charge on any atom is -0.496 e. The number of ketones is 1. The van der Waals surface area contributed by atoms with Gasteiger partial charge in [0.2, 0.25) is 0 Å². The summed E-state index contributed by atoms with van der Waals surface area (Å²) in [6, 6.07) is 9.28. The molecule has 0 aliphatic carbocycles. The van der Waals surface area contributed by atoms with E-state index in [1.807, 2.05) is 0 Å². The molecule has 0 aliphatic rings. The molecule has 0 bridgehead atoms. The maximum atomic E-state index is 13.9. The quantitative estimate of drug-likeness (QED) is 0.768. The lowest BCUT2D eigenvalue weighted by Gasteiger charge is -2.09. The zero-order chi connectivity index (χ0) is 14.0. The molecule has 0 saturated heterocycles. The molecule has 2 nitrogen and oxygen atoms in total. The van der Waals surface area contributed by atoms with Gasteiger partial charge in [0, 0.05) is 4.47 Å². The Morgan fingerprint density at radius 1 is 1.26 bits per heavy atom. The van der Waals surface area contributed by atoms with Crippen LogP contribution in [-0.4, -0.2) is 12.9 Å². The van der Waals surface area contributed by atoms with E-state index in [-0.39, 0.29) is 16.1 Å². The molecule has 0 amide bonds. The number of carbonyl (C=O) groups is 1. The van der Waals surface area contributed by atoms with E-state index in [1.54, 1.807) is 18.2 Å². The maximum Gasteiger partial charge on any atom is 0.199 e. The summed E-state index contributed by atoms with van der Waals surface area (Å²) in [4.78, 5) is 12.4. The van der Waals surface area contributed by atoms with Gasteiger partial charge in [0.15, 0.2) is 11.6 Å². The van der Waals surface area contributed by atoms with Crippen molar-refractivity contribution < 1.29 is 13.9 Å². The van der Waals surface area contributed by atoms with Gasteiger partial charge in [-0.05, 0) is 30.3 Å². The van der Waals surface area contributed by atoms with E-state index < -0.39 is 11.6 Å². The Labute approximate surface area is 123 Å². The van der Waals surface area contributed by atoms with Crippen molar-refractivity contribution in [2.24, 2.45) is 0 Å². The molecule has 2 aromatic carbocycles. The normalized spacial score (nSPS) is 10.3. The van der Waals surface area contributed by atoms with Gasteiger partial charge in [0.1, 0.15) is 5.75 Å². The standard InChI is InChI=1S/C14H9BrClFO2/c1-19-12-6-5-8(15)7-10(12)14(18)9-3-2-4-11(16)13(9)17/h2-7H,1H3. The second kappa shape index (κ2) is 5.72. The Kier molecular flexibility index (Phi) is 4.22. The van der Waals surface area contributed by atoms with E-state index in [0.29, 0.717) is 10.2 Å². The first-order valence-electron chi connectivity index (χ1n) is 5.37. The zero-order valence-corrected chi connectivity index (χ0v) is 12.3. The molecule has 0 spiro atoms. The third kappa shape index (κ3) is 2.80. The molecule has 0 unspecified atom stereocenters. The van der Waals surface area contributed by atoms with Crippen LogP contribution in [0.4, 0.5) is 4.39 Å². The molecule has 0 aliphatic heterocycles. The van der Waals surface area contributed by atoms with Crippen molar-refractivity contribution in [3.05, 3.63) is 62.8 Å². The fourth-order valence-electron chi connectivity index (χ4n) is 1.68. The van der Waals surface area contributed by atoms with Crippen LogP contribution in [0.1, 0.15) is 15.9 Å². The Hall–Kier alpha value is -1.39. The highest BCUT2D eigenvalue weighted by atomic mass is 79.9. The van der Waals surface area contributed by atoms with Gasteiger partial charge in [-0.3, -0.25) is 4.79 Å². The van der Waals surface area contributed by atoms with Crippen molar-refractivity contribution in [1.29, 1.82) is 0 Å². The predicted molar refractivity (Wildman–Crippen MR) is 75.5 cm³/mol. The summed E-state index contributed by atoms with van der Waals surface area (Å²) >= 11 is 8.95. The van der Waals surface area contributed by atoms with Gasteiger partial charge in [-0.25, -0.2) is 4.39 Å². The summed E-state index contributed by atoms with van der Waals surface area (Å²) in [5.74, 6) is -0.818. The monoisotopic (exact) mass is 342 g/mol. The van der Waals surface area contributed by atoms with Crippen LogP contribution in [0.2, 0.25) is 5.02 Å². The first kappa shape index (κ1) is 14.0. The predicted octanol–water partition coefficient (Wildman–Crippen LogP) is 4.48. The van der Waals surface area contributed by atoms with Gasteiger partial charge >= 0.3 is 0 Å². The molecule has 0 radical (unpaired) electrons. The van der Waals surface area contributed by atoms with Crippen LogP contribution in [0.15, 0.2) is 40.9 Å². The van der Waals surface area contributed by atoms with E-state index in [9.17, 15) is 9.18 Å². The lowest BCUT2D eigenvalue weighted by molar-refractivity contribution is 0.103. The second-order valence-corrected chi connectivity index (χ2v) is 5.10. The average Bonchev–Trinajstić information content (AvgIpc) is 2.41. The maximum absolute atomic E-state index is 13.9. The summed E-state index contributed by atoms with van der Waals surface area (Å²) in [6.07, 6.45) is 0. The highest BCUT2D eigenvalue weighted by molar-refractivity contribution is 9.10. The van der Waals surface area contributed by atoms with Crippen molar-refractivity contribution in [2.45, 2.75) is 0 Å². The molecular formula is C14H9BrClFO2. The molecule has 5 heteroatoms. The third-order valence-electron chi connectivity index (χ3n) is 2.60. The second-order valence-electron chi connectivity index (χ2n) is 3.78. The van der Waals surface area contributed by atoms with E-state index in [4.69, 9.17) is 16.3 Å². The molecule has 0 atom stereocenters. The van der Waals surface area contributed by atoms with Gasteiger partial charge in [0.25, 0.3) is 0 Å². The molecular weight excluding hydrogens is 335 g/mol. The van der Waals surface area contributed by atoms with Gasteiger partial charge in [0.05, 0.1) is 23.3 Å². The minimum absolute atomic E-state index is 0.0797. The molecule has 19 heavy (non-hydrogen) atoms. The molecule has 0 aromatic heterocycles. The summed E-state index contributed by atoms with van der Waals surface area (Å²) in [5, 5.41) is -0.0835. The Bertz CT molecular complexity index is 643. The number of hydrogen-bond donors (Lipinski definition) is 0. The number of carbonyl (C=O) groups excluding carboxylic acids is 1. The van der Waals surface area contributed by atoms with Crippen molar-refractivity contribution in [3.8, 4) is 5.75 Å².